The normalized spacial score (nSPS) is 15.8. The average molecular weight is 514 g/mol. The summed E-state index contributed by atoms with van der Waals surface area (Å²) in [6, 6.07) is 10.1. The molecule has 3 aromatic carbocycles. The molecule has 1 aliphatic rings. The highest BCUT2D eigenvalue weighted by Crippen LogP contribution is 2.44. The summed E-state index contributed by atoms with van der Waals surface area (Å²) in [5.74, 6) is -5.47. The Morgan fingerprint density at radius 1 is 1.03 bits per heavy atom. The molecular weight excluding hydrogens is 499 g/mol. The number of halogens is 4. The average Bonchev–Trinajstić information content (AvgIpc) is 3.39. The van der Waals surface area contributed by atoms with Gasteiger partial charge >= 0.3 is 0 Å². The summed E-state index contributed by atoms with van der Waals surface area (Å²) < 4.78 is 53.3. The summed E-state index contributed by atoms with van der Waals surface area (Å²) in [4.78, 5) is 27.5. The molecule has 0 saturated carbocycles. The maximum absolute atomic E-state index is 14.7. The summed E-state index contributed by atoms with van der Waals surface area (Å²) >= 11 is 6.09. The van der Waals surface area contributed by atoms with Gasteiger partial charge in [0.15, 0.2) is 22.9 Å². The van der Waals surface area contributed by atoms with E-state index in [1.165, 1.54) is 37.4 Å². The molecule has 1 aliphatic heterocycles. The van der Waals surface area contributed by atoms with E-state index in [9.17, 15) is 27.9 Å². The number of Topliss-reactive ketones (excluding diaryl/α,β-unsaturated/α-hetero) is 1. The van der Waals surface area contributed by atoms with Gasteiger partial charge < -0.3 is 14.3 Å². The van der Waals surface area contributed by atoms with Gasteiger partial charge in [0, 0.05) is 22.5 Å². The minimum Gasteiger partial charge on any atom is -0.503 e. The van der Waals surface area contributed by atoms with E-state index >= 15 is 0 Å². The van der Waals surface area contributed by atoms with E-state index in [0.29, 0.717) is 10.4 Å². The van der Waals surface area contributed by atoms with Crippen molar-refractivity contribution in [3.8, 4) is 5.75 Å². The Morgan fingerprint density at radius 2 is 1.72 bits per heavy atom. The van der Waals surface area contributed by atoms with Gasteiger partial charge in [0.1, 0.15) is 17.5 Å². The Bertz CT molecular complexity index is 1580. The third kappa shape index (κ3) is 3.77. The van der Waals surface area contributed by atoms with Crippen LogP contribution in [0, 0.1) is 17.5 Å². The number of benzene rings is 3. The first kappa shape index (κ1) is 23.5. The number of nitrogens with zero attached hydrogens (tertiary/aromatic N) is 1. The van der Waals surface area contributed by atoms with Crippen LogP contribution in [0.2, 0.25) is 5.02 Å². The molecule has 1 aromatic heterocycles. The molecule has 2 heterocycles. The Morgan fingerprint density at radius 3 is 2.42 bits per heavy atom. The van der Waals surface area contributed by atoms with Crippen molar-refractivity contribution in [3.63, 3.8) is 0 Å². The third-order valence-electron chi connectivity index (χ3n) is 5.80. The van der Waals surface area contributed by atoms with E-state index in [2.05, 4.69) is 0 Å². The fourth-order valence-electron chi connectivity index (χ4n) is 4.20. The van der Waals surface area contributed by atoms with Gasteiger partial charge in [-0.3, -0.25) is 14.5 Å². The lowest BCUT2D eigenvalue weighted by atomic mass is 9.94. The number of aliphatic hydroxyl groups excluding tert-OH is 1. The number of anilines is 1. The number of aliphatic hydroxyl groups is 1. The molecule has 5 rings (SSSR count). The number of carbonyl (C=O) groups is 2. The zero-order chi connectivity index (χ0) is 25.7. The molecule has 0 radical (unpaired) electrons. The number of hydrogen-bond acceptors (Lipinski definition) is 5. The molecule has 6 nitrogen and oxygen atoms in total. The zero-order valence-corrected chi connectivity index (χ0v) is 19.1. The molecule has 0 bridgehead atoms. The first-order chi connectivity index (χ1) is 17.2. The Hall–Kier alpha value is -4.24. The highest BCUT2D eigenvalue weighted by Gasteiger charge is 2.46. The first-order valence-electron chi connectivity index (χ1n) is 10.5. The number of fused-ring (bicyclic) bond motifs is 1. The maximum atomic E-state index is 14.7. The SMILES string of the molecule is COc1cc(Cl)cc2cc(C(=O)C3=C(O)C(=O)N(c4cc(F)ccc4F)C3c3ccc(F)cc3)oc12. The molecule has 1 unspecified atom stereocenters. The van der Waals surface area contributed by atoms with E-state index < -0.39 is 52.2 Å². The third-order valence-corrected chi connectivity index (χ3v) is 6.02. The van der Waals surface area contributed by atoms with Crippen molar-refractivity contribution in [3.05, 3.63) is 106 Å². The van der Waals surface area contributed by atoms with Crippen LogP contribution in [0.25, 0.3) is 11.0 Å². The quantitative estimate of drug-likeness (QED) is 0.317. The summed E-state index contributed by atoms with van der Waals surface area (Å²) in [5, 5.41) is 11.5. The minimum absolute atomic E-state index is 0.164. The van der Waals surface area contributed by atoms with Crippen molar-refractivity contribution in [2.45, 2.75) is 6.04 Å². The van der Waals surface area contributed by atoms with E-state index in [-0.39, 0.29) is 22.7 Å². The predicted octanol–water partition coefficient (Wildman–Crippen LogP) is 6.30. The fraction of sp³-hybridized carbons (Fsp3) is 0.0769. The van der Waals surface area contributed by atoms with Crippen LogP contribution in [0.4, 0.5) is 18.9 Å². The second-order valence-electron chi connectivity index (χ2n) is 7.95. The molecule has 0 fully saturated rings. The van der Waals surface area contributed by atoms with Crippen molar-refractivity contribution in [1.29, 1.82) is 0 Å². The monoisotopic (exact) mass is 513 g/mol. The Labute approximate surface area is 206 Å². The first-order valence-corrected chi connectivity index (χ1v) is 10.9. The molecular formula is C26H15ClF3NO5. The Kier molecular flexibility index (Phi) is 5.72. The standard InChI is InChI=1S/C26H15ClF3NO5/c1-35-20-10-14(27)8-13-9-19(36-25(13)20)23(32)21-22(12-2-4-15(28)5-3-12)31(26(34)24(21)33)18-11-16(29)6-7-17(18)30/h2-11,22,33H,1H3. The molecule has 1 atom stereocenters. The van der Waals surface area contributed by atoms with Crippen LogP contribution in [-0.2, 0) is 4.79 Å². The van der Waals surface area contributed by atoms with Crippen LogP contribution >= 0.6 is 11.6 Å². The Balaban J connectivity index is 1.69. The lowest BCUT2D eigenvalue weighted by molar-refractivity contribution is -0.117. The number of furan rings is 1. The number of carbonyl (C=O) groups excluding carboxylic acids is 2. The number of hydrogen-bond donors (Lipinski definition) is 1. The van der Waals surface area contributed by atoms with Crippen molar-refractivity contribution >= 4 is 39.9 Å². The van der Waals surface area contributed by atoms with Crippen molar-refractivity contribution in [2.24, 2.45) is 0 Å². The smallest absolute Gasteiger partial charge is 0.294 e. The lowest BCUT2D eigenvalue weighted by Gasteiger charge is -2.27. The van der Waals surface area contributed by atoms with Crippen LogP contribution in [-0.4, -0.2) is 23.9 Å². The number of ether oxygens (including phenoxy) is 1. The molecule has 1 N–H and O–H groups in total. The van der Waals surface area contributed by atoms with Gasteiger partial charge in [0.2, 0.25) is 5.78 Å². The van der Waals surface area contributed by atoms with E-state index in [1.54, 1.807) is 0 Å². The summed E-state index contributed by atoms with van der Waals surface area (Å²) in [6.07, 6.45) is 0. The molecule has 1 amide bonds. The number of ketones is 1. The summed E-state index contributed by atoms with van der Waals surface area (Å²) in [5.41, 5.74) is -0.611. The molecule has 36 heavy (non-hydrogen) atoms. The van der Waals surface area contributed by atoms with Gasteiger partial charge in [-0.15, -0.1) is 0 Å². The highest BCUT2D eigenvalue weighted by molar-refractivity contribution is 6.31. The van der Waals surface area contributed by atoms with Crippen molar-refractivity contribution < 1.29 is 37.0 Å². The van der Waals surface area contributed by atoms with Crippen LogP contribution in [0.3, 0.4) is 0 Å². The predicted molar refractivity (Wildman–Crippen MR) is 125 cm³/mol. The second kappa shape index (κ2) is 8.76. The van der Waals surface area contributed by atoms with Gasteiger partial charge in [0.25, 0.3) is 5.91 Å². The van der Waals surface area contributed by atoms with Crippen LogP contribution in [0.15, 0.2) is 76.4 Å². The number of methoxy groups -OCH3 is 1. The molecule has 0 saturated heterocycles. The zero-order valence-electron chi connectivity index (χ0n) is 18.4. The van der Waals surface area contributed by atoms with Crippen molar-refractivity contribution in [1.82, 2.24) is 0 Å². The van der Waals surface area contributed by atoms with E-state index in [0.717, 1.165) is 35.2 Å². The fourth-order valence-corrected chi connectivity index (χ4v) is 4.42. The molecule has 10 heteroatoms. The van der Waals surface area contributed by atoms with Gasteiger partial charge in [-0.2, -0.15) is 0 Å². The van der Waals surface area contributed by atoms with Crippen LogP contribution < -0.4 is 9.64 Å². The lowest BCUT2D eigenvalue weighted by Crippen LogP contribution is -2.32. The van der Waals surface area contributed by atoms with Crippen LogP contribution in [0.1, 0.15) is 22.2 Å². The topological polar surface area (TPSA) is 80.0 Å². The van der Waals surface area contributed by atoms with Gasteiger partial charge in [-0.1, -0.05) is 23.7 Å². The number of rotatable bonds is 5. The van der Waals surface area contributed by atoms with Crippen LogP contribution in [0.5, 0.6) is 5.75 Å². The maximum Gasteiger partial charge on any atom is 0.294 e. The molecule has 182 valence electrons. The second-order valence-corrected chi connectivity index (χ2v) is 8.39. The molecule has 0 spiro atoms. The van der Waals surface area contributed by atoms with E-state index in [4.69, 9.17) is 20.8 Å². The van der Waals surface area contributed by atoms with Gasteiger partial charge in [-0.25, -0.2) is 13.2 Å². The highest BCUT2D eigenvalue weighted by atomic mass is 35.5. The van der Waals surface area contributed by atoms with Crippen molar-refractivity contribution in [2.75, 3.05) is 12.0 Å². The molecule has 0 aliphatic carbocycles. The van der Waals surface area contributed by atoms with Gasteiger partial charge in [0.05, 0.1) is 24.4 Å². The summed E-state index contributed by atoms with van der Waals surface area (Å²) in [6.45, 7) is 0. The summed E-state index contributed by atoms with van der Waals surface area (Å²) in [7, 11) is 1.38. The molecule has 4 aromatic rings. The van der Waals surface area contributed by atoms with Gasteiger partial charge in [-0.05, 0) is 42.0 Å². The minimum atomic E-state index is -1.42. The largest absolute Gasteiger partial charge is 0.503 e. The van der Waals surface area contributed by atoms with E-state index in [1.807, 2.05) is 0 Å². The number of amides is 1.